The zero-order valence-electron chi connectivity index (χ0n) is 27.7. The fourth-order valence-electron chi connectivity index (χ4n) is 7.49. The summed E-state index contributed by atoms with van der Waals surface area (Å²) in [4.78, 5) is 55.9. The van der Waals surface area contributed by atoms with Crippen LogP contribution in [0.25, 0.3) is 0 Å². The zero-order chi connectivity index (χ0) is 32.6. The van der Waals surface area contributed by atoms with E-state index in [1.54, 1.807) is 34.6 Å². The molecule has 0 bridgehead atoms. The van der Waals surface area contributed by atoms with Crippen molar-refractivity contribution in [2.75, 3.05) is 21.2 Å². The number of hydrogen-bond acceptors (Lipinski definition) is 11. The van der Waals surface area contributed by atoms with Crippen molar-refractivity contribution in [2.45, 2.75) is 129 Å². The van der Waals surface area contributed by atoms with Gasteiger partial charge in [0.15, 0.2) is 12.1 Å². The Balaban J connectivity index is 2.09. The number of hydrogen-bond donors (Lipinski definition) is 1. The second-order valence-corrected chi connectivity index (χ2v) is 13.7. The summed E-state index contributed by atoms with van der Waals surface area (Å²) in [6, 6.07) is -0.251. The van der Waals surface area contributed by atoms with Crippen LogP contribution in [0, 0.1) is 29.6 Å². The Labute approximate surface area is 256 Å². The summed E-state index contributed by atoms with van der Waals surface area (Å²) in [6.45, 7) is 13.9. The highest BCUT2D eigenvalue weighted by Gasteiger charge is 2.57. The first kappa shape index (κ1) is 35.6. The molecule has 0 aromatic heterocycles. The Morgan fingerprint density at radius 1 is 1.00 bits per heavy atom. The monoisotopic (exact) mass is 611 g/mol. The zero-order valence-corrected chi connectivity index (χ0v) is 27.7. The number of aliphatic hydroxyl groups excluding tert-OH is 1. The molecule has 43 heavy (non-hydrogen) atoms. The maximum atomic E-state index is 14.0. The van der Waals surface area contributed by atoms with Crippen LogP contribution in [0.15, 0.2) is 0 Å². The number of methoxy groups -OCH3 is 1. The van der Waals surface area contributed by atoms with Gasteiger partial charge in [-0.25, -0.2) is 0 Å². The highest BCUT2D eigenvalue weighted by molar-refractivity contribution is 6.00. The summed E-state index contributed by atoms with van der Waals surface area (Å²) in [5, 5.41) is 11.2. The number of ketones is 2. The first-order chi connectivity index (χ1) is 19.9. The Bertz CT molecular complexity index is 1050. The van der Waals surface area contributed by atoms with E-state index in [1.165, 1.54) is 14.0 Å². The predicted molar refractivity (Wildman–Crippen MR) is 157 cm³/mol. The van der Waals surface area contributed by atoms with E-state index in [1.807, 2.05) is 32.8 Å². The second-order valence-electron chi connectivity index (χ2n) is 13.7. The number of carbonyl (C=O) groups is 4. The minimum atomic E-state index is -1.22. The van der Waals surface area contributed by atoms with Crippen LogP contribution in [0.4, 0.5) is 0 Å². The molecule has 0 saturated carbocycles. The van der Waals surface area contributed by atoms with Crippen molar-refractivity contribution >= 4 is 23.5 Å². The minimum absolute atomic E-state index is 0.0190. The van der Waals surface area contributed by atoms with Crippen LogP contribution in [0.1, 0.15) is 81.1 Å². The van der Waals surface area contributed by atoms with Crippen molar-refractivity contribution in [2.24, 2.45) is 29.6 Å². The second kappa shape index (κ2) is 13.6. The van der Waals surface area contributed by atoms with Crippen LogP contribution < -0.4 is 0 Å². The molecule has 246 valence electrons. The van der Waals surface area contributed by atoms with Gasteiger partial charge in [0, 0.05) is 36.8 Å². The molecular formula is C32H53NO10. The van der Waals surface area contributed by atoms with Crippen molar-refractivity contribution in [1.29, 1.82) is 0 Å². The van der Waals surface area contributed by atoms with Crippen LogP contribution in [0.3, 0.4) is 0 Å². The number of cyclic esters (lactones) is 1. The SMILES string of the molecule is CC[C@H]1OC(=O)[C@H](C)C(=O)[C@H](C)[C@@H](O[C@@H]2O[C@H](C)C[C@H](N(C)C)[C@H]2O)[C@](C)(OC)C[C@@H](C)C(=O)[C@H](C)[C@H]2CC(=O)O[C@@]21C. The van der Waals surface area contributed by atoms with Crippen molar-refractivity contribution in [1.82, 2.24) is 4.90 Å². The van der Waals surface area contributed by atoms with Gasteiger partial charge in [0.1, 0.15) is 29.5 Å². The lowest BCUT2D eigenvalue weighted by Gasteiger charge is -2.47. The standard InChI is InChI=1S/C32H53NO10/c1-12-23-32(8)21(14-24(34)43-32)18(4)25(35)16(2)15-31(7,39-11)28(19(5)26(36)20(6)29(38)41-23)42-30-27(37)22(33(9)10)13-17(3)40-30/h16-23,27-28,30,37H,12-15H2,1-11H3/t16-,17-,18-,19+,20-,21-,22+,23-,27-,28-,30+,31-,32+/m1/s1. The Kier molecular flexibility index (Phi) is 11.2. The van der Waals surface area contributed by atoms with Gasteiger partial charge >= 0.3 is 11.9 Å². The third-order valence-electron chi connectivity index (χ3n) is 10.3. The molecular weight excluding hydrogens is 558 g/mol. The number of nitrogens with zero attached hydrogens (tertiary/aromatic N) is 1. The normalized spacial score (nSPS) is 45.4. The maximum Gasteiger partial charge on any atom is 0.316 e. The van der Waals surface area contributed by atoms with Crippen molar-refractivity contribution in [3.8, 4) is 0 Å². The average Bonchev–Trinajstić information content (AvgIpc) is 3.27. The number of aliphatic hydroxyl groups is 1. The fourth-order valence-corrected chi connectivity index (χ4v) is 7.49. The number of carbonyl (C=O) groups excluding carboxylic acids is 4. The van der Waals surface area contributed by atoms with Crippen LogP contribution in [-0.2, 0) is 42.9 Å². The minimum Gasteiger partial charge on any atom is -0.458 e. The third-order valence-corrected chi connectivity index (χ3v) is 10.3. The van der Waals surface area contributed by atoms with Crippen LogP contribution in [0.5, 0.6) is 0 Å². The van der Waals surface area contributed by atoms with E-state index in [-0.39, 0.29) is 30.8 Å². The van der Waals surface area contributed by atoms with Gasteiger partial charge in [0.2, 0.25) is 0 Å². The third kappa shape index (κ3) is 7.01. The Morgan fingerprint density at radius 3 is 2.19 bits per heavy atom. The van der Waals surface area contributed by atoms with E-state index in [9.17, 15) is 24.3 Å². The number of fused-ring (bicyclic) bond motifs is 1. The van der Waals surface area contributed by atoms with Crippen molar-refractivity contribution in [3.63, 3.8) is 0 Å². The van der Waals surface area contributed by atoms with Gasteiger partial charge in [0.25, 0.3) is 0 Å². The van der Waals surface area contributed by atoms with E-state index in [0.717, 1.165) is 0 Å². The molecule has 0 spiro atoms. The highest BCUT2D eigenvalue weighted by atomic mass is 16.7. The molecule has 3 fully saturated rings. The molecule has 3 aliphatic rings. The van der Waals surface area contributed by atoms with E-state index in [2.05, 4.69) is 0 Å². The number of esters is 2. The van der Waals surface area contributed by atoms with Crippen LogP contribution in [0.2, 0.25) is 0 Å². The molecule has 1 N–H and O–H groups in total. The molecule has 0 aromatic carbocycles. The summed E-state index contributed by atoms with van der Waals surface area (Å²) in [5.74, 6) is -5.49. The maximum absolute atomic E-state index is 14.0. The quantitative estimate of drug-likeness (QED) is 0.363. The van der Waals surface area contributed by atoms with Gasteiger partial charge < -0.3 is 33.7 Å². The molecule has 0 amide bonds. The van der Waals surface area contributed by atoms with Crippen LogP contribution in [-0.4, -0.2) is 103 Å². The van der Waals surface area contributed by atoms with E-state index >= 15 is 0 Å². The molecule has 3 saturated heterocycles. The molecule has 3 aliphatic heterocycles. The van der Waals surface area contributed by atoms with Gasteiger partial charge in [-0.05, 0) is 61.1 Å². The molecule has 3 rings (SSSR count). The summed E-state index contributed by atoms with van der Waals surface area (Å²) in [5.41, 5.74) is -2.43. The number of rotatable bonds is 5. The molecule has 3 heterocycles. The van der Waals surface area contributed by atoms with Crippen molar-refractivity contribution < 1.29 is 48.0 Å². The summed E-state index contributed by atoms with van der Waals surface area (Å²) in [7, 11) is 5.23. The van der Waals surface area contributed by atoms with Crippen molar-refractivity contribution in [3.05, 3.63) is 0 Å². The van der Waals surface area contributed by atoms with E-state index in [4.69, 9.17) is 23.7 Å². The van der Waals surface area contributed by atoms with Gasteiger partial charge in [-0.3, -0.25) is 19.2 Å². The molecule has 13 atom stereocenters. The smallest absolute Gasteiger partial charge is 0.316 e. The van der Waals surface area contributed by atoms with E-state index < -0.39 is 83.1 Å². The summed E-state index contributed by atoms with van der Waals surface area (Å²) < 4.78 is 30.3. The Morgan fingerprint density at radius 2 is 1.63 bits per heavy atom. The van der Waals surface area contributed by atoms with Gasteiger partial charge in [-0.1, -0.05) is 27.7 Å². The van der Waals surface area contributed by atoms with Crippen LogP contribution >= 0.6 is 0 Å². The molecule has 0 aliphatic carbocycles. The summed E-state index contributed by atoms with van der Waals surface area (Å²) >= 11 is 0. The molecule has 11 nitrogen and oxygen atoms in total. The van der Waals surface area contributed by atoms with E-state index in [0.29, 0.717) is 12.8 Å². The Hall–Kier alpha value is -1.92. The number of Topliss-reactive ketones (excluding diaryl/α,β-unsaturated/α-hetero) is 2. The fraction of sp³-hybridized carbons (Fsp3) is 0.875. The molecule has 0 radical (unpaired) electrons. The number of ether oxygens (including phenoxy) is 5. The van der Waals surface area contributed by atoms with Gasteiger partial charge in [0.05, 0.1) is 24.2 Å². The lowest BCUT2D eigenvalue weighted by molar-refractivity contribution is -0.295. The lowest BCUT2D eigenvalue weighted by atomic mass is 9.70. The predicted octanol–water partition coefficient (Wildman–Crippen LogP) is 2.93. The topological polar surface area (TPSA) is 138 Å². The first-order valence-corrected chi connectivity index (χ1v) is 15.6. The molecule has 0 aromatic rings. The molecule has 11 heteroatoms. The lowest BCUT2D eigenvalue weighted by Crippen LogP contribution is -2.59. The molecule has 0 unspecified atom stereocenters. The van der Waals surface area contributed by atoms with Gasteiger partial charge in [-0.2, -0.15) is 0 Å². The average molecular weight is 612 g/mol. The summed E-state index contributed by atoms with van der Waals surface area (Å²) in [6.07, 6.45) is -3.06. The van der Waals surface area contributed by atoms with Gasteiger partial charge in [-0.15, -0.1) is 0 Å². The first-order valence-electron chi connectivity index (χ1n) is 15.6. The largest absolute Gasteiger partial charge is 0.458 e. The highest BCUT2D eigenvalue weighted by Crippen LogP contribution is 2.45. The number of likely N-dealkylation sites (N-methyl/N-ethyl adjacent to an activating group) is 1.